The van der Waals surface area contributed by atoms with Crippen LogP contribution in [0, 0.1) is 13.8 Å². The van der Waals surface area contributed by atoms with E-state index in [4.69, 9.17) is 9.73 Å². The van der Waals surface area contributed by atoms with Crippen LogP contribution >= 0.6 is 0 Å². The number of hydrogen-bond donors (Lipinski definition) is 2. The number of pyridine rings is 1. The van der Waals surface area contributed by atoms with E-state index in [2.05, 4.69) is 65.6 Å². The van der Waals surface area contributed by atoms with Gasteiger partial charge in [-0.2, -0.15) is 0 Å². The highest BCUT2D eigenvalue weighted by Gasteiger charge is 2.15. The van der Waals surface area contributed by atoms with Gasteiger partial charge < -0.3 is 20.3 Å². The van der Waals surface area contributed by atoms with Gasteiger partial charge in [-0.3, -0.25) is 0 Å². The Kier molecular flexibility index (Phi) is 7.25. The SMILES string of the molecule is CCNC(=NCc1cccnc1N1CCOCC1)NCc1ccc(C)cc1C. The van der Waals surface area contributed by atoms with Gasteiger partial charge in [-0.25, -0.2) is 9.98 Å². The summed E-state index contributed by atoms with van der Waals surface area (Å²) in [4.78, 5) is 11.7. The Labute approximate surface area is 168 Å². The lowest BCUT2D eigenvalue weighted by atomic mass is 10.1. The number of rotatable bonds is 6. The van der Waals surface area contributed by atoms with Crippen molar-refractivity contribution in [1.29, 1.82) is 0 Å². The van der Waals surface area contributed by atoms with Gasteiger partial charge in [-0.15, -0.1) is 0 Å². The van der Waals surface area contributed by atoms with Crippen molar-refractivity contribution in [3.8, 4) is 0 Å². The summed E-state index contributed by atoms with van der Waals surface area (Å²) >= 11 is 0. The number of benzene rings is 1. The van der Waals surface area contributed by atoms with Crippen molar-refractivity contribution in [2.45, 2.75) is 33.9 Å². The van der Waals surface area contributed by atoms with Crippen molar-refractivity contribution in [2.75, 3.05) is 37.7 Å². The first-order valence-corrected chi connectivity index (χ1v) is 10.0. The zero-order valence-corrected chi connectivity index (χ0v) is 17.2. The van der Waals surface area contributed by atoms with Gasteiger partial charge in [0.25, 0.3) is 0 Å². The molecule has 6 nitrogen and oxygen atoms in total. The maximum Gasteiger partial charge on any atom is 0.191 e. The number of aliphatic imine (C=N–C) groups is 1. The third-order valence-electron chi connectivity index (χ3n) is 4.87. The van der Waals surface area contributed by atoms with Crippen LogP contribution in [0.25, 0.3) is 0 Å². The van der Waals surface area contributed by atoms with Gasteiger partial charge in [0.15, 0.2) is 5.96 Å². The van der Waals surface area contributed by atoms with Crippen molar-refractivity contribution in [1.82, 2.24) is 15.6 Å². The molecule has 2 N–H and O–H groups in total. The molecule has 0 radical (unpaired) electrons. The van der Waals surface area contributed by atoms with Crippen LogP contribution in [0.1, 0.15) is 29.2 Å². The van der Waals surface area contributed by atoms with Crippen LogP contribution in [0.4, 0.5) is 5.82 Å². The Hall–Kier alpha value is -2.60. The molecule has 150 valence electrons. The second kappa shape index (κ2) is 10.1. The number of guanidine groups is 1. The highest BCUT2D eigenvalue weighted by atomic mass is 16.5. The highest BCUT2D eigenvalue weighted by molar-refractivity contribution is 5.79. The summed E-state index contributed by atoms with van der Waals surface area (Å²) in [5.41, 5.74) is 5.00. The largest absolute Gasteiger partial charge is 0.378 e. The van der Waals surface area contributed by atoms with E-state index in [-0.39, 0.29) is 0 Å². The molecule has 0 aliphatic carbocycles. The number of aromatic nitrogens is 1. The number of nitrogens with zero attached hydrogens (tertiary/aromatic N) is 3. The van der Waals surface area contributed by atoms with E-state index < -0.39 is 0 Å². The molecule has 6 heteroatoms. The monoisotopic (exact) mass is 381 g/mol. The van der Waals surface area contributed by atoms with Gasteiger partial charge in [-0.1, -0.05) is 29.8 Å². The van der Waals surface area contributed by atoms with Crippen LogP contribution in [0.15, 0.2) is 41.5 Å². The van der Waals surface area contributed by atoms with Crippen LogP contribution < -0.4 is 15.5 Å². The second-order valence-corrected chi connectivity index (χ2v) is 7.06. The lowest BCUT2D eigenvalue weighted by Gasteiger charge is -2.29. The van der Waals surface area contributed by atoms with Crippen LogP contribution in [0.3, 0.4) is 0 Å². The number of anilines is 1. The topological polar surface area (TPSA) is 61.8 Å². The molecule has 0 spiro atoms. The van der Waals surface area contributed by atoms with Crippen LogP contribution in [0.5, 0.6) is 0 Å². The van der Waals surface area contributed by atoms with Gasteiger partial charge >= 0.3 is 0 Å². The van der Waals surface area contributed by atoms with E-state index in [0.29, 0.717) is 6.54 Å². The highest BCUT2D eigenvalue weighted by Crippen LogP contribution is 2.19. The van der Waals surface area contributed by atoms with Crippen molar-refractivity contribution in [2.24, 2.45) is 4.99 Å². The van der Waals surface area contributed by atoms with Crippen molar-refractivity contribution in [3.63, 3.8) is 0 Å². The Morgan fingerprint density at radius 3 is 2.71 bits per heavy atom. The predicted molar refractivity (Wildman–Crippen MR) is 115 cm³/mol. The number of ether oxygens (including phenoxy) is 1. The summed E-state index contributed by atoms with van der Waals surface area (Å²) in [5.74, 6) is 1.83. The van der Waals surface area contributed by atoms with Crippen LogP contribution in [0.2, 0.25) is 0 Å². The number of morpholine rings is 1. The number of nitrogens with one attached hydrogen (secondary N) is 2. The van der Waals surface area contributed by atoms with Crippen LogP contribution in [-0.2, 0) is 17.8 Å². The zero-order valence-electron chi connectivity index (χ0n) is 17.2. The van der Waals surface area contributed by atoms with Crippen molar-refractivity contribution in [3.05, 3.63) is 58.8 Å². The third kappa shape index (κ3) is 5.45. The fourth-order valence-electron chi connectivity index (χ4n) is 3.34. The molecular weight excluding hydrogens is 350 g/mol. The Balaban J connectivity index is 1.69. The summed E-state index contributed by atoms with van der Waals surface area (Å²) in [6, 6.07) is 10.6. The summed E-state index contributed by atoms with van der Waals surface area (Å²) < 4.78 is 5.47. The molecule has 0 unspecified atom stereocenters. The number of aryl methyl sites for hydroxylation is 2. The van der Waals surface area contributed by atoms with Gasteiger partial charge in [0.1, 0.15) is 5.82 Å². The molecule has 0 atom stereocenters. The second-order valence-electron chi connectivity index (χ2n) is 7.06. The first-order valence-electron chi connectivity index (χ1n) is 10.0. The molecule has 0 saturated carbocycles. The summed E-state index contributed by atoms with van der Waals surface area (Å²) in [7, 11) is 0. The minimum Gasteiger partial charge on any atom is -0.378 e. The molecule has 3 rings (SSSR count). The molecule has 1 aliphatic rings. The molecule has 1 aromatic carbocycles. The molecule has 1 aliphatic heterocycles. The fourth-order valence-corrected chi connectivity index (χ4v) is 3.34. The minimum atomic E-state index is 0.586. The van der Waals surface area contributed by atoms with Crippen molar-refractivity contribution < 1.29 is 4.74 Å². The molecule has 1 fully saturated rings. The average Bonchev–Trinajstić information content (AvgIpc) is 2.72. The summed E-state index contributed by atoms with van der Waals surface area (Å²) in [6.45, 7) is 11.8. The van der Waals surface area contributed by atoms with Crippen molar-refractivity contribution >= 4 is 11.8 Å². The maximum absolute atomic E-state index is 5.47. The molecular formula is C22H31N5O. The van der Waals surface area contributed by atoms with E-state index in [1.54, 1.807) is 0 Å². The maximum atomic E-state index is 5.47. The van der Waals surface area contributed by atoms with Gasteiger partial charge in [0, 0.05) is 37.9 Å². The van der Waals surface area contributed by atoms with E-state index in [1.807, 2.05) is 12.3 Å². The average molecular weight is 382 g/mol. The van der Waals surface area contributed by atoms with E-state index >= 15 is 0 Å². The van der Waals surface area contributed by atoms with Gasteiger partial charge in [0.05, 0.1) is 19.8 Å². The Bertz CT molecular complexity index is 799. The molecule has 0 amide bonds. The fraction of sp³-hybridized carbons (Fsp3) is 0.455. The van der Waals surface area contributed by atoms with E-state index in [9.17, 15) is 0 Å². The molecule has 2 heterocycles. The van der Waals surface area contributed by atoms with Crippen LogP contribution in [-0.4, -0.2) is 43.8 Å². The predicted octanol–water partition coefficient (Wildman–Crippen LogP) is 2.79. The molecule has 2 aromatic rings. The molecule has 1 aromatic heterocycles. The van der Waals surface area contributed by atoms with Gasteiger partial charge in [0.2, 0.25) is 0 Å². The van der Waals surface area contributed by atoms with E-state index in [1.165, 1.54) is 16.7 Å². The Morgan fingerprint density at radius 2 is 1.96 bits per heavy atom. The lowest BCUT2D eigenvalue weighted by molar-refractivity contribution is 0.122. The van der Waals surface area contributed by atoms with Gasteiger partial charge in [-0.05, 0) is 38.0 Å². The smallest absolute Gasteiger partial charge is 0.191 e. The first kappa shape index (κ1) is 20.1. The lowest BCUT2D eigenvalue weighted by Crippen LogP contribution is -2.38. The number of hydrogen-bond acceptors (Lipinski definition) is 4. The van der Waals surface area contributed by atoms with E-state index in [0.717, 1.165) is 56.7 Å². The molecule has 28 heavy (non-hydrogen) atoms. The minimum absolute atomic E-state index is 0.586. The zero-order chi connectivity index (χ0) is 19.8. The Morgan fingerprint density at radius 1 is 1.14 bits per heavy atom. The normalized spacial score (nSPS) is 14.8. The summed E-state index contributed by atoms with van der Waals surface area (Å²) in [5, 5.41) is 6.79. The quantitative estimate of drug-likeness (QED) is 0.595. The standard InChI is InChI=1S/C22H31N5O/c1-4-23-22(25-15-19-8-7-17(2)14-18(19)3)26-16-20-6-5-9-24-21(20)27-10-12-28-13-11-27/h5-9,14H,4,10-13,15-16H2,1-3H3,(H2,23,25,26). The third-order valence-corrected chi connectivity index (χ3v) is 4.87. The summed E-state index contributed by atoms with van der Waals surface area (Å²) in [6.07, 6.45) is 1.85. The molecule has 1 saturated heterocycles. The molecule has 0 bridgehead atoms. The first-order chi connectivity index (χ1) is 13.7.